The van der Waals surface area contributed by atoms with Crippen LogP contribution >= 0.6 is 0 Å². The van der Waals surface area contributed by atoms with E-state index >= 15 is 0 Å². The number of carbonyl (C=O) groups is 2. The number of aromatic nitrogens is 4. The van der Waals surface area contributed by atoms with E-state index in [1.807, 2.05) is 0 Å². The number of carbonyl (C=O) groups excluding carboxylic acids is 1. The van der Waals surface area contributed by atoms with E-state index in [-0.39, 0.29) is 24.3 Å². The minimum Gasteiger partial charge on any atom is -0.478 e. The van der Waals surface area contributed by atoms with Gasteiger partial charge in [0.2, 0.25) is 5.91 Å². The molecule has 0 aliphatic carbocycles. The SMILES string of the molecule is Cc1oc(CNC(=O)C(Cc2cccc(F)c2)n2nnnc2C)cc1C(=O)O. The average molecular weight is 387 g/mol. The van der Waals surface area contributed by atoms with E-state index in [4.69, 9.17) is 9.52 Å². The van der Waals surface area contributed by atoms with Gasteiger partial charge in [0.25, 0.3) is 0 Å². The van der Waals surface area contributed by atoms with E-state index in [0.717, 1.165) is 0 Å². The molecule has 0 bridgehead atoms. The van der Waals surface area contributed by atoms with E-state index < -0.39 is 23.7 Å². The summed E-state index contributed by atoms with van der Waals surface area (Å²) in [6.45, 7) is 3.18. The lowest BCUT2D eigenvalue weighted by atomic mass is 10.0. The highest BCUT2D eigenvalue weighted by Gasteiger charge is 2.25. The maximum Gasteiger partial charge on any atom is 0.339 e. The molecule has 0 aliphatic rings. The van der Waals surface area contributed by atoms with Crippen LogP contribution in [0.5, 0.6) is 0 Å². The van der Waals surface area contributed by atoms with Gasteiger partial charge in [-0.25, -0.2) is 13.9 Å². The van der Waals surface area contributed by atoms with Gasteiger partial charge >= 0.3 is 5.97 Å². The molecule has 1 aromatic carbocycles. The molecular formula is C18H18FN5O4. The van der Waals surface area contributed by atoms with Gasteiger partial charge in [0.1, 0.15) is 34.8 Å². The van der Waals surface area contributed by atoms with E-state index in [9.17, 15) is 14.0 Å². The maximum absolute atomic E-state index is 13.5. The molecule has 2 N–H and O–H groups in total. The zero-order chi connectivity index (χ0) is 20.3. The summed E-state index contributed by atoms with van der Waals surface area (Å²) in [5.74, 6) is -0.931. The molecule has 0 spiro atoms. The molecule has 28 heavy (non-hydrogen) atoms. The Hall–Kier alpha value is -3.56. The number of aromatic carboxylic acids is 1. The first-order chi connectivity index (χ1) is 13.3. The zero-order valence-electron chi connectivity index (χ0n) is 15.2. The molecule has 3 aromatic rings. The Labute approximate surface area is 159 Å². The van der Waals surface area contributed by atoms with Crippen molar-refractivity contribution >= 4 is 11.9 Å². The first-order valence-electron chi connectivity index (χ1n) is 8.44. The summed E-state index contributed by atoms with van der Waals surface area (Å²) in [5.41, 5.74) is 0.647. The molecule has 0 saturated carbocycles. The van der Waals surface area contributed by atoms with Crippen molar-refractivity contribution in [1.29, 1.82) is 0 Å². The summed E-state index contributed by atoms with van der Waals surface area (Å²) < 4.78 is 20.2. The quantitative estimate of drug-likeness (QED) is 0.634. The van der Waals surface area contributed by atoms with Crippen molar-refractivity contribution in [1.82, 2.24) is 25.5 Å². The number of furan rings is 1. The van der Waals surface area contributed by atoms with E-state index in [1.54, 1.807) is 19.1 Å². The van der Waals surface area contributed by atoms with Crippen molar-refractivity contribution in [3.8, 4) is 0 Å². The van der Waals surface area contributed by atoms with Gasteiger partial charge in [-0.05, 0) is 48.0 Å². The van der Waals surface area contributed by atoms with Crippen LogP contribution in [0.4, 0.5) is 4.39 Å². The number of nitrogens with zero attached hydrogens (tertiary/aromatic N) is 4. The van der Waals surface area contributed by atoms with Gasteiger partial charge in [0, 0.05) is 6.42 Å². The third-order valence-electron chi connectivity index (χ3n) is 4.21. The van der Waals surface area contributed by atoms with Crippen LogP contribution in [0.25, 0.3) is 0 Å². The Morgan fingerprint density at radius 3 is 2.71 bits per heavy atom. The van der Waals surface area contributed by atoms with Crippen LogP contribution < -0.4 is 5.32 Å². The maximum atomic E-state index is 13.5. The molecule has 0 saturated heterocycles. The predicted octanol–water partition coefficient (Wildman–Crippen LogP) is 1.82. The number of rotatable bonds is 7. The molecule has 0 aliphatic heterocycles. The highest BCUT2D eigenvalue weighted by molar-refractivity contribution is 5.88. The number of hydrogen-bond donors (Lipinski definition) is 2. The van der Waals surface area contributed by atoms with Gasteiger partial charge in [-0.15, -0.1) is 5.10 Å². The molecule has 146 valence electrons. The number of benzene rings is 1. The Morgan fingerprint density at radius 1 is 1.32 bits per heavy atom. The van der Waals surface area contributed by atoms with Gasteiger partial charge in [-0.2, -0.15) is 0 Å². The van der Waals surface area contributed by atoms with Gasteiger partial charge in [0.05, 0.1) is 6.54 Å². The second kappa shape index (κ2) is 7.99. The summed E-state index contributed by atoms with van der Waals surface area (Å²) >= 11 is 0. The van der Waals surface area contributed by atoms with Crippen LogP contribution in [-0.4, -0.2) is 37.2 Å². The molecule has 0 fully saturated rings. The Balaban J connectivity index is 1.78. The fourth-order valence-corrected chi connectivity index (χ4v) is 2.84. The Kier molecular flexibility index (Phi) is 5.48. The smallest absolute Gasteiger partial charge is 0.339 e. The first kappa shape index (κ1) is 19.2. The molecule has 0 radical (unpaired) electrons. The number of amides is 1. The summed E-state index contributed by atoms with van der Waals surface area (Å²) in [6, 6.07) is 6.48. The van der Waals surface area contributed by atoms with Crippen LogP contribution in [0.1, 0.15) is 39.3 Å². The third kappa shape index (κ3) is 4.22. The standard InChI is InChI=1S/C18H18FN5O4/c1-10-15(18(26)27)8-14(28-10)9-20-17(25)16(24-11(2)21-22-23-24)7-12-4-3-5-13(19)6-12/h3-6,8,16H,7,9H2,1-2H3,(H,20,25)(H,26,27). The molecule has 3 rings (SSSR count). The van der Waals surface area contributed by atoms with E-state index in [0.29, 0.717) is 17.1 Å². The van der Waals surface area contributed by atoms with Crippen molar-refractivity contribution in [3.63, 3.8) is 0 Å². The van der Waals surface area contributed by atoms with Crippen LogP contribution in [0, 0.1) is 19.7 Å². The molecule has 1 atom stereocenters. The number of halogens is 1. The summed E-state index contributed by atoms with van der Waals surface area (Å²) in [5, 5.41) is 23.0. The molecular weight excluding hydrogens is 369 g/mol. The fraction of sp³-hybridized carbons (Fsp3) is 0.278. The largest absolute Gasteiger partial charge is 0.478 e. The van der Waals surface area contributed by atoms with E-state index in [1.165, 1.54) is 29.8 Å². The average Bonchev–Trinajstić information content (AvgIpc) is 3.23. The van der Waals surface area contributed by atoms with Crippen molar-refractivity contribution in [2.24, 2.45) is 0 Å². The van der Waals surface area contributed by atoms with Crippen molar-refractivity contribution < 1.29 is 23.5 Å². The number of hydrogen-bond acceptors (Lipinski definition) is 6. The topological polar surface area (TPSA) is 123 Å². The van der Waals surface area contributed by atoms with Crippen molar-refractivity contribution in [2.45, 2.75) is 32.9 Å². The summed E-state index contributed by atoms with van der Waals surface area (Å²) in [7, 11) is 0. The second-order valence-electron chi connectivity index (χ2n) is 6.23. The monoisotopic (exact) mass is 387 g/mol. The summed E-state index contributed by atoms with van der Waals surface area (Å²) in [6.07, 6.45) is 0.174. The summed E-state index contributed by atoms with van der Waals surface area (Å²) in [4.78, 5) is 23.9. The number of tetrazole rings is 1. The predicted molar refractivity (Wildman–Crippen MR) is 93.9 cm³/mol. The number of nitrogens with one attached hydrogen (secondary N) is 1. The zero-order valence-corrected chi connectivity index (χ0v) is 15.2. The molecule has 2 aromatic heterocycles. The van der Waals surface area contributed by atoms with Crippen LogP contribution in [0.2, 0.25) is 0 Å². The molecule has 1 amide bonds. The van der Waals surface area contributed by atoms with Gasteiger partial charge < -0.3 is 14.8 Å². The van der Waals surface area contributed by atoms with Gasteiger partial charge in [-0.3, -0.25) is 4.79 Å². The Morgan fingerprint density at radius 2 is 2.11 bits per heavy atom. The highest BCUT2D eigenvalue weighted by atomic mass is 19.1. The number of carboxylic acid groups (broad SMARTS) is 1. The van der Waals surface area contributed by atoms with Crippen LogP contribution in [0.3, 0.4) is 0 Å². The second-order valence-corrected chi connectivity index (χ2v) is 6.23. The van der Waals surface area contributed by atoms with Crippen molar-refractivity contribution in [3.05, 3.63) is 64.6 Å². The molecule has 9 nitrogen and oxygen atoms in total. The normalized spacial score (nSPS) is 12.0. The molecule has 10 heteroatoms. The van der Waals surface area contributed by atoms with Crippen LogP contribution in [0.15, 0.2) is 34.7 Å². The Bertz CT molecular complexity index is 1010. The lowest BCUT2D eigenvalue weighted by molar-refractivity contribution is -0.125. The first-order valence-corrected chi connectivity index (χ1v) is 8.44. The van der Waals surface area contributed by atoms with E-state index in [2.05, 4.69) is 20.8 Å². The molecule has 1 unspecified atom stereocenters. The fourth-order valence-electron chi connectivity index (χ4n) is 2.84. The van der Waals surface area contributed by atoms with Crippen molar-refractivity contribution in [2.75, 3.05) is 0 Å². The minimum atomic E-state index is -1.10. The van der Waals surface area contributed by atoms with Crippen LogP contribution in [-0.2, 0) is 17.8 Å². The molecule has 2 heterocycles. The third-order valence-corrected chi connectivity index (χ3v) is 4.21. The lowest BCUT2D eigenvalue weighted by Crippen LogP contribution is -2.34. The number of aryl methyl sites for hydroxylation is 2. The van der Waals surface area contributed by atoms with Gasteiger partial charge in [-0.1, -0.05) is 12.1 Å². The van der Waals surface area contributed by atoms with Gasteiger partial charge in [0.15, 0.2) is 0 Å². The lowest BCUT2D eigenvalue weighted by Gasteiger charge is -2.17. The number of carboxylic acids is 1. The highest BCUT2D eigenvalue weighted by Crippen LogP contribution is 2.18. The minimum absolute atomic E-state index is 0.00617.